The number of anilines is 4. The van der Waals surface area contributed by atoms with E-state index in [-0.39, 0.29) is 25.1 Å². The summed E-state index contributed by atoms with van der Waals surface area (Å²) in [5.74, 6) is 0.103. The number of aliphatic hydroxyl groups excluding tert-OH is 1. The summed E-state index contributed by atoms with van der Waals surface area (Å²) in [6.45, 7) is 11.5. The minimum atomic E-state index is -1.96. The Bertz CT molecular complexity index is 1640. The lowest BCUT2D eigenvalue weighted by atomic mass is 10.2. The largest absolute Gasteiger partial charge is 0.465 e. The van der Waals surface area contributed by atoms with Crippen LogP contribution in [0.2, 0.25) is 18.1 Å². The third-order valence-electron chi connectivity index (χ3n) is 7.49. The zero-order valence-electron chi connectivity index (χ0n) is 29.3. The van der Waals surface area contributed by atoms with E-state index in [4.69, 9.17) is 28.4 Å². The molecule has 0 saturated carbocycles. The van der Waals surface area contributed by atoms with Gasteiger partial charge in [-0.25, -0.2) is 29.5 Å². The second-order valence-corrected chi connectivity index (χ2v) is 18.5. The average Bonchev–Trinajstić information content (AvgIpc) is 3.83. The molecule has 4 heterocycles. The van der Waals surface area contributed by atoms with Gasteiger partial charge in [-0.3, -0.25) is 9.80 Å². The maximum absolute atomic E-state index is 12.2. The molecular formula is C32H44N6O8S2Si. The highest BCUT2D eigenvalue weighted by Crippen LogP contribution is 2.37. The molecule has 0 bridgehead atoms. The molecule has 17 heteroatoms. The van der Waals surface area contributed by atoms with Crippen LogP contribution in [0.15, 0.2) is 47.4 Å². The number of aliphatic hydroxyl groups is 1. The first-order valence-electron chi connectivity index (χ1n) is 15.0. The molecular weight excluding hydrogens is 689 g/mol. The van der Waals surface area contributed by atoms with Gasteiger partial charge in [0.05, 0.1) is 49.9 Å². The Morgan fingerprint density at radius 2 is 1.22 bits per heavy atom. The molecule has 0 aliphatic rings. The first-order chi connectivity index (χ1) is 23.3. The highest BCUT2D eigenvalue weighted by Gasteiger charge is 2.37. The third-order valence-corrected chi connectivity index (χ3v) is 13.6. The maximum Gasteiger partial charge on any atom is 0.338 e. The molecule has 0 unspecified atom stereocenters. The van der Waals surface area contributed by atoms with Crippen LogP contribution in [0.5, 0.6) is 0 Å². The summed E-state index contributed by atoms with van der Waals surface area (Å²) in [5, 5.41) is 14.5. The summed E-state index contributed by atoms with van der Waals surface area (Å²) in [6.07, 6.45) is 3.38. The van der Waals surface area contributed by atoms with Crippen molar-refractivity contribution >= 4 is 64.8 Å². The normalized spacial score (nSPS) is 11.4. The van der Waals surface area contributed by atoms with Crippen molar-refractivity contribution in [3.8, 4) is 0 Å². The Labute approximate surface area is 295 Å². The van der Waals surface area contributed by atoms with E-state index in [1.165, 1.54) is 43.0 Å². The van der Waals surface area contributed by atoms with Gasteiger partial charge in [-0.2, -0.15) is 0 Å². The van der Waals surface area contributed by atoms with E-state index in [0.717, 1.165) is 5.13 Å². The number of methoxy groups -OCH3 is 4. The van der Waals surface area contributed by atoms with Gasteiger partial charge in [-0.15, -0.1) is 22.7 Å². The first-order valence-corrected chi connectivity index (χ1v) is 19.7. The van der Waals surface area contributed by atoms with Crippen molar-refractivity contribution in [1.82, 2.24) is 19.9 Å². The van der Waals surface area contributed by atoms with E-state index in [1.54, 1.807) is 49.7 Å². The number of hydrogen-bond donors (Lipinski definition) is 1. The quantitative estimate of drug-likeness (QED) is 0.0894. The predicted molar refractivity (Wildman–Crippen MR) is 191 cm³/mol. The summed E-state index contributed by atoms with van der Waals surface area (Å²) in [7, 11) is 3.86. The molecule has 4 aromatic rings. The number of hydrogen-bond acceptors (Lipinski definition) is 16. The average molecular weight is 733 g/mol. The van der Waals surface area contributed by atoms with E-state index >= 15 is 0 Å². The van der Waals surface area contributed by atoms with Crippen molar-refractivity contribution < 1.29 is 38.1 Å². The SMILES string of the molecule is COCN(c1cc(C(=O)OC)cc(CO)n1)c1nccs1.COCN(c1cc(C(=O)OC)cc(CO[Si](C)(C)C(C)(C)C)n1)c1nccs1. The zero-order chi connectivity index (χ0) is 36.2. The monoisotopic (exact) mass is 732 g/mol. The van der Waals surface area contributed by atoms with Gasteiger partial charge in [0.2, 0.25) is 0 Å². The smallest absolute Gasteiger partial charge is 0.338 e. The first kappa shape index (κ1) is 39.6. The zero-order valence-corrected chi connectivity index (χ0v) is 31.9. The van der Waals surface area contributed by atoms with Gasteiger partial charge >= 0.3 is 11.9 Å². The van der Waals surface area contributed by atoms with Crippen LogP contribution in [0.4, 0.5) is 21.9 Å². The highest BCUT2D eigenvalue weighted by molar-refractivity contribution is 7.14. The molecule has 1 N–H and O–H groups in total. The number of aromatic nitrogens is 4. The summed E-state index contributed by atoms with van der Waals surface area (Å²) in [4.78, 5) is 45.0. The molecule has 4 rings (SSSR count). The molecule has 266 valence electrons. The van der Waals surface area contributed by atoms with E-state index < -0.39 is 20.3 Å². The molecule has 0 aliphatic heterocycles. The maximum atomic E-state index is 12.2. The van der Waals surface area contributed by atoms with Gasteiger partial charge in [-0.1, -0.05) is 20.8 Å². The lowest BCUT2D eigenvalue weighted by Crippen LogP contribution is -2.40. The van der Waals surface area contributed by atoms with Crippen molar-refractivity contribution in [2.24, 2.45) is 0 Å². The minimum Gasteiger partial charge on any atom is -0.465 e. The van der Waals surface area contributed by atoms with E-state index in [2.05, 4.69) is 48.8 Å². The van der Waals surface area contributed by atoms with Crippen LogP contribution in [0.3, 0.4) is 0 Å². The molecule has 0 aromatic carbocycles. The second-order valence-electron chi connectivity index (χ2n) is 11.9. The Balaban J connectivity index is 0.000000276. The fourth-order valence-corrected chi connectivity index (χ4v) is 6.13. The fourth-order valence-electron chi connectivity index (χ4n) is 3.91. The topological polar surface area (TPSA) is 159 Å². The molecule has 0 fully saturated rings. The number of nitrogens with zero attached hydrogens (tertiary/aromatic N) is 6. The van der Waals surface area contributed by atoms with E-state index in [9.17, 15) is 14.7 Å². The van der Waals surface area contributed by atoms with Crippen LogP contribution in [0, 0.1) is 0 Å². The van der Waals surface area contributed by atoms with Crippen molar-refractivity contribution in [3.05, 3.63) is 69.9 Å². The van der Waals surface area contributed by atoms with Crippen LogP contribution in [-0.4, -0.2) is 87.2 Å². The lowest BCUT2D eigenvalue weighted by Gasteiger charge is -2.36. The van der Waals surface area contributed by atoms with Gasteiger partial charge in [0.15, 0.2) is 18.6 Å². The molecule has 49 heavy (non-hydrogen) atoms. The van der Waals surface area contributed by atoms with E-state index in [0.29, 0.717) is 45.9 Å². The molecule has 0 radical (unpaired) electrons. The van der Waals surface area contributed by atoms with Crippen molar-refractivity contribution in [2.45, 2.75) is 52.1 Å². The minimum absolute atomic E-state index is 0.0821. The summed E-state index contributed by atoms with van der Waals surface area (Å²) in [5.41, 5.74) is 1.76. The van der Waals surface area contributed by atoms with Crippen LogP contribution in [0.1, 0.15) is 52.9 Å². The van der Waals surface area contributed by atoms with Crippen molar-refractivity contribution in [3.63, 3.8) is 0 Å². The standard InChI is InChI=1S/C19H29N3O4SSi.C13H15N3O4S/c1-19(2,3)28(6,7)26-12-15-10-14(17(23)25-5)11-16(21-15)22(13-24-4)18-20-8-9-27-18;1-19-8-16(13-14-3-4-21-13)11-6-9(12(18)20-2)5-10(7-17)15-11/h8-11H,12-13H2,1-7H3;3-6,17H,7-8H2,1-2H3. The molecule has 0 saturated heterocycles. The number of rotatable bonds is 14. The summed E-state index contributed by atoms with van der Waals surface area (Å²) in [6, 6.07) is 6.46. The van der Waals surface area contributed by atoms with Gasteiger partial charge in [0.1, 0.15) is 25.1 Å². The molecule has 0 aliphatic carbocycles. The molecule has 14 nitrogen and oxygen atoms in total. The van der Waals surface area contributed by atoms with Gasteiger partial charge in [-0.05, 0) is 42.4 Å². The number of pyridine rings is 2. The lowest BCUT2D eigenvalue weighted by molar-refractivity contribution is 0.0591. The fraction of sp³-hybridized carbons (Fsp3) is 0.438. The van der Waals surface area contributed by atoms with Crippen LogP contribution < -0.4 is 9.80 Å². The Hall–Kier alpha value is -3.84. The molecule has 0 spiro atoms. The Morgan fingerprint density at radius 1 is 0.776 bits per heavy atom. The number of ether oxygens (including phenoxy) is 4. The second kappa shape index (κ2) is 18.2. The van der Waals surface area contributed by atoms with Crippen LogP contribution in [-0.2, 0) is 36.6 Å². The third kappa shape index (κ3) is 10.8. The van der Waals surface area contributed by atoms with Gasteiger partial charge in [0, 0.05) is 37.4 Å². The van der Waals surface area contributed by atoms with E-state index in [1.807, 2.05) is 15.7 Å². The predicted octanol–water partition coefficient (Wildman–Crippen LogP) is 6.15. The number of esters is 2. The summed E-state index contributed by atoms with van der Waals surface area (Å²) >= 11 is 2.88. The van der Waals surface area contributed by atoms with Crippen molar-refractivity contribution in [1.29, 1.82) is 0 Å². The molecule has 0 atom stereocenters. The Kier molecular flexibility index (Phi) is 14.7. The Morgan fingerprint density at radius 3 is 1.59 bits per heavy atom. The van der Waals surface area contributed by atoms with Crippen LogP contribution >= 0.6 is 22.7 Å². The molecule has 0 amide bonds. The van der Waals surface area contributed by atoms with Gasteiger partial charge in [0.25, 0.3) is 0 Å². The summed E-state index contributed by atoms with van der Waals surface area (Å²) < 4.78 is 26.4. The van der Waals surface area contributed by atoms with Crippen LogP contribution in [0.25, 0.3) is 0 Å². The van der Waals surface area contributed by atoms with Crippen molar-refractivity contribution in [2.75, 3.05) is 51.7 Å². The number of thiazole rings is 2. The van der Waals surface area contributed by atoms with Gasteiger partial charge < -0.3 is 28.5 Å². The molecule has 4 aromatic heterocycles. The number of carbonyl (C=O) groups is 2. The number of carbonyl (C=O) groups excluding carboxylic acids is 2. The highest BCUT2D eigenvalue weighted by atomic mass is 32.1.